The number of methoxy groups -OCH3 is 1. The van der Waals surface area contributed by atoms with Crippen molar-refractivity contribution in [1.82, 2.24) is 15.5 Å². The second-order valence-corrected chi connectivity index (χ2v) is 6.24. The number of hydrogen-bond acceptors (Lipinski definition) is 5. The van der Waals surface area contributed by atoms with Crippen LogP contribution in [0.15, 0.2) is 29.3 Å². The molecule has 158 valence electrons. The summed E-state index contributed by atoms with van der Waals surface area (Å²) in [5.74, 6) is 0.816. The third-order valence-corrected chi connectivity index (χ3v) is 4.20. The minimum Gasteiger partial charge on any atom is -0.453 e. The Morgan fingerprint density at radius 2 is 1.93 bits per heavy atom. The van der Waals surface area contributed by atoms with Crippen LogP contribution in [0.25, 0.3) is 0 Å². The van der Waals surface area contributed by atoms with Gasteiger partial charge in [-0.25, -0.2) is 9.79 Å². The van der Waals surface area contributed by atoms with Crippen LogP contribution in [-0.2, 0) is 16.0 Å². The molecule has 1 aromatic carbocycles. The molecule has 0 aromatic heterocycles. The molecule has 0 aliphatic carbocycles. The van der Waals surface area contributed by atoms with Crippen LogP contribution in [0.4, 0.5) is 10.5 Å². The zero-order valence-corrected chi connectivity index (χ0v) is 19.0. The van der Waals surface area contributed by atoms with Gasteiger partial charge in [-0.1, -0.05) is 12.1 Å². The molecular weight excluding hydrogens is 473 g/mol. The number of guanidine groups is 1. The van der Waals surface area contributed by atoms with Crippen LogP contribution in [-0.4, -0.2) is 70.0 Å². The van der Waals surface area contributed by atoms with E-state index in [1.54, 1.807) is 0 Å². The Morgan fingerprint density at radius 1 is 1.21 bits per heavy atom. The van der Waals surface area contributed by atoms with E-state index in [0.29, 0.717) is 12.2 Å². The second kappa shape index (κ2) is 14.4. The average Bonchev–Trinajstić information content (AvgIpc) is 2.71. The first-order chi connectivity index (χ1) is 13.2. The quantitative estimate of drug-likeness (QED) is 0.218. The fraction of sp³-hybridized carbons (Fsp3) is 0.579. The van der Waals surface area contributed by atoms with Gasteiger partial charge in [0.1, 0.15) is 0 Å². The van der Waals surface area contributed by atoms with Gasteiger partial charge in [0.2, 0.25) is 0 Å². The number of rotatable bonds is 8. The van der Waals surface area contributed by atoms with E-state index in [0.717, 1.165) is 63.9 Å². The third kappa shape index (κ3) is 9.56. The molecule has 0 atom stereocenters. The lowest BCUT2D eigenvalue weighted by molar-refractivity contribution is 0.0376. The maximum atomic E-state index is 11.2. The molecule has 1 heterocycles. The molecule has 3 N–H and O–H groups in total. The second-order valence-electron chi connectivity index (χ2n) is 6.24. The Morgan fingerprint density at radius 3 is 2.57 bits per heavy atom. The highest BCUT2D eigenvalue weighted by Gasteiger charge is 2.09. The summed E-state index contributed by atoms with van der Waals surface area (Å²) in [4.78, 5) is 18.3. The lowest BCUT2D eigenvalue weighted by Crippen LogP contribution is -2.40. The molecule has 0 unspecified atom stereocenters. The van der Waals surface area contributed by atoms with Gasteiger partial charge in [-0.3, -0.25) is 10.2 Å². The molecule has 1 aromatic rings. The van der Waals surface area contributed by atoms with Crippen LogP contribution < -0.4 is 16.0 Å². The summed E-state index contributed by atoms with van der Waals surface area (Å²) in [6.07, 6.45) is 0.592. The van der Waals surface area contributed by atoms with Gasteiger partial charge >= 0.3 is 6.09 Å². The first kappa shape index (κ1) is 24.4. The fourth-order valence-corrected chi connectivity index (χ4v) is 2.71. The topological polar surface area (TPSA) is 87.2 Å². The summed E-state index contributed by atoms with van der Waals surface area (Å²) in [6, 6.07) is 7.56. The third-order valence-electron chi connectivity index (χ3n) is 4.20. The number of ether oxygens (including phenoxy) is 2. The Labute approximate surface area is 184 Å². The molecule has 0 bridgehead atoms. The Kier molecular flexibility index (Phi) is 12.6. The van der Waals surface area contributed by atoms with Gasteiger partial charge in [0.25, 0.3) is 0 Å². The molecule has 1 aliphatic heterocycles. The van der Waals surface area contributed by atoms with Crippen molar-refractivity contribution in [2.75, 3.05) is 58.4 Å². The minimum atomic E-state index is -0.475. The van der Waals surface area contributed by atoms with E-state index < -0.39 is 6.09 Å². The maximum Gasteiger partial charge on any atom is 0.411 e. The van der Waals surface area contributed by atoms with Gasteiger partial charge in [0.05, 0.1) is 26.9 Å². The van der Waals surface area contributed by atoms with E-state index in [-0.39, 0.29) is 24.0 Å². The molecular formula is C19H32IN5O3. The summed E-state index contributed by atoms with van der Waals surface area (Å²) in [5, 5.41) is 9.28. The zero-order valence-electron chi connectivity index (χ0n) is 16.7. The van der Waals surface area contributed by atoms with Crippen molar-refractivity contribution in [2.24, 2.45) is 4.99 Å². The van der Waals surface area contributed by atoms with E-state index in [1.807, 2.05) is 24.3 Å². The van der Waals surface area contributed by atoms with Gasteiger partial charge in [-0.05, 0) is 37.6 Å². The van der Waals surface area contributed by atoms with E-state index >= 15 is 0 Å². The number of nitrogens with zero attached hydrogens (tertiary/aromatic N) is 2. The predicted octanol–water partition coefficient (Wildman–Crippen LogP) is 2.26. The van der Waals surface area contributed by atoms with Gasteiger partial charge < -0.3 is 20.1 Å². The van der Waals surface area contributed by atoms with Crippen LogP contribution in [0.3, 0.4) is 0 Å². The highest BCUT2D eigenvalue weighted by Crippen LogP contribution is 2.10. The van der Waals surface area contributed by atoms with Crippen LogP contribution in [0.1, 0.15) is 18.9 Å². The molecule has 2 rings (SSSR count). The number of nitrogens with one attached hydrogen (secondary N) is 3. The van der Waals surface area contributed by atoms with Crippen LogP contribution in [0, 0.1) is 0 Å². The van der Waals surface area contributed by atoms with Gasteiger partial charge in [-0.15, -0.1) is 24.0 Å². The molecule has 28 heavy (non-hydrogen) atoms. The van der Waals surface area contributed by atoms with Crippen LogP contribution >= 0.6 is 24.0 Å². The van der Waals surface area contributed by atoms with Gasteiger partial charge in [-0.2, -0.15) is 0 Å². The molecule has 0 saturated carbocycles. The summed E-state index contributed by atoms with van der Waals surface area (Å²) in [5.41, 5.74) is 1.76. The molecule has 1 fully saturated rings. The number of halogens is 1. The number of morpholine rings is 1. The van der Waals surface area contributed by atoms with E-state index in [4.69, 9.17) is 4.74 Å². The number of anilines is 1. The number of hydrogen-bond donors (Lipinski definition) is 3. The maximum absolute atomic E-state index is 11.2. The minimum absolute atomic E-state index is 0. The first-order valence-electron chi connectivity index (χ1n) is 9.47. The lowest BCUT2D eigenvalue weighted by atomic mass is 10.2. The Bertz CT molecular complexity index is 592. The summed E-state index contributed by atoms with van der Waals surface area (Å²) >= 11 is 0. The van der Waals surface area contributed by atoms with E-state index in [1.165, 1.54) is 7.11 Å². The highest BCUT2D eigenvalue weighted by molar-refractivity contribution is 14.0. The van der Waals surface area contributed by atoms with Crippen molar-refractivity contribution in [1.29, 1.82) is 0 Å². The highest BCUT2D eigenvalue weighted by atomic mass is 127. The van der Waals surface area contributed by atoms with Crippen molar-refractivity contribution < 1.29 is 14.3 Å². The number of carbonyl (C=O) groups excluding carboxylic acids is 1. The number of carbonyl (C=O) groups is 1. The van der Waals surface area contributed by atoms with Crippen LogP contribution in [0.5, 0.6) is 0 Å². The summed E-state index contributed by atoms with van der Waals surface area (Å²) < 4.78 is 9.95. The zero-order chi connectivity index (χ0) is 19.3. The van der Waals surface area contributed by atoms with Crippen molar-refractivity contribution >= 4 is 41.7 Å². The SMILES string of the molecule is CCNC(=NCc1ccc(NC(=O)OC)cc1)NCCCN1CCOCC1.I. The molecule has 0 spiro atoms. The van der Waals surface area contributed by atoms with E-state index in [2.05, 4.69) is 37.5 Å². The average molecular weight is 505 g/mol. The van der Waals surface area contributed by atoms with Crippen molar-refractivity contribution in [3.63, 3.8) is 0 Å². The largest absolute Gasteiger partial charge is 0.453 e. The Hall–Kier alpha value is -1.59. The van der Waals surface area contributed by atoms with Gasteiger partial charge in [0.15, 0.2) is 5.96 Å². The van der Waals surface area contributed by atoms with Crippen molar-refractivity contribution in [3.8, 4) is 0 Å². The standard InChI is InChI=1S/C19H31N5O3.HI/c1-3-20-18(21-9-4-10-24-11-13-27-14-12-24)22-15-16-5-7-17(8-6-16)23-19(25)26-2;/h5-8H,3-4,9-15H2,1-2H3,(H,23,25)(H2,20,21,22);1H. The number of aliphatic imine (C=N–C) groups is 1. The number of benzene rings is 1. The normalized spacial score (nSPS) is 14.7. The summed E-state index contributed by atoms with van der Waals surface area (Å²) in [6.45, 7) is 9.11. The van der Waals surface area contributed by atoms with E-state index in [9.17, 15) is 4.79 Å². The predicted molar refractivity (Wildman–Crippen MR) is 123 cm³/mol. The van der Waals surface area contributed by atoms with Crippen molar-refractivity contribution in [3.05, 3.63) is 29.8 Å². The fourth-order valence-electron chi connectivity index (χ4n) is 2.71. The molecule has 1 saturated heterocycles. The molecule has 1 amide bonds. The smallest absolute Gasteiger partial charge is 0.411 e. The molecule has 0 radical (unpaired) electrons. The number of amides is 1. The Balaban J connectivity index is 0.00000392. The molecule has 9 heteroatoms. The summed E-state index contributed by atoms with van der Waals surface area (Å²) in [7, 11) is 1.34. The first-order valence-corrected chi connectivity index (χ1v) is 9.47. The molecule has 8 nitrogen and oxygen atoms in total. The van der Waals surface area contributed by atoms with Crippen LogP contribution in [0.2, 0.25) is 0 Å². The lowest BCUT2D eigenvalue weighted by Gasteiger charge is -2.26. The monoisotopic (exact) mass is 505 g/mol. The van der Waals surface area contributed by atoms with Crippen molar-refractivity contribution in [2.45, 2.75) is 19.9 Å². The molecule has 1 aliphatic rings. The van der Waals surface area contributed by atoms with Gasteiger partial charge in [0, 0.05) is 31.9 Å².